The highest BCUT2D eigenvalue weighted by atomic mass is 32.2. The first-order valence-electron chi connectivity index (χ1n) is 6.37. The van der Waals surface area contributed by atoms with Crippen molar-refractivity contribution in [3.8, 4) is 0 Å². The molecule has 5 nitrogen and oxygen atoms in total. The van der Waals surface area contributed by atoms with E-state index in [1.165, 1.54) is 13.0 Å². The lowest BCUT2D eigenvalue weighted by Crippen LogP contribution is -2.50. The summed E-state index contributed by atoms with van der Waals surface area (Å²) in [5.74, 6) is -0.633. The molecule has 2 atom stereocenters. The van der Waals surface area contributed by atoms with Crippen molar-refractivity contribution < 1.29 is 17.5 Å². The van der Waals surface area contributed by atoms with Crippen LogP contribution in [0.4, 0.5) is 10.1 Å². The molecule has 1 fully saturated rings. The summed E-state index contributed by atoms with van der Waals surface area (Å²) in [6.45, 7) is 5.57. The van der Waals surface area contributed by atoms with Gasteiger partial charge in [0.15, 0.2) is 0 Å². The fraction of sp³-hybridized carbons (Fsp3) is 0.538. The SMILES string of the molecule is Cc1c(N)cc(S(=O)(=O)NC2(C)CCOC2C)cc1F. The van der Waals surface area contributed by atoms with Gasteiger partial charge in [0.1, 0.15) is 5.82 Å². The number of hydrogen-bond acceptors (Lipinski definition) is 4. The number of nitrogens with two attached hydrogens (primary N) is 1. The lowest BCUT2D eigenvalue weighted by atomic mass is 9.97. The molecule has 1 aromatic rings. The van der Waals surface area contributed by atoms with Gasteiger partial charge < -0.3 is 10.5 Å². The molecule has 0 radical (unpaired) electrons. The van der Waals surface area contributed by atoms with Gasteiger partial charge in [-0.3, -0.25) is 0 Å². The fourth-order valence-corrected chi connectivity index (χ4v) is 3.70. The summed E-state index contributed by atoms with van der Waals surface area (Å²) < 4.78 is 46.4. The lowest BCUT2D eigenvalue weighted by Gasteiger charge is -2.28. The summed E-state index contributed by atoms with van der Waals surface area (Å²) in [6, 6.07) is 2.25. The van der Waals surface area contributed by atoms with Crippen LogP contribution in [0.15, 0.2) is 17.0 Å². The third kappa shape index (κ3) is 2.65. The van der Waals surface area contributed by atoms with Crippen molar-refractivity contribution in [1.29, 1.82) is 0 Å². The van der Waals surface area contributed by atoms with Crippen LogP contribution in [0, 0.1) is 12.7 Å². The zero-order chi connectivity index (χ0) is 15.1. The van der Waals surface area contributed by atoms with Crippen LogP contribution in [-0.4, -0.2) is 26.7 Å². The number of sulfonamides is 1. The van der Waals surface area contributed by atoms with Gasteiger partial charge in [0.05, 0.1) is 16.5 Å². The molecule has 0 spiro atoms. The van der Waals surface area contributed by atoms with Gasteiger partial charge in [-0.2, -0.15) is 0 Å². The van der Waals surface area contributed by atoms with Gasteiger partial charge in [-0.05, 0) is 39.3 Å². The number of anilines is 1. The maximum absolute atomic E-state index is 13.7. The molecule has 20 heavy (non-hydrogen) atoms. The Labute approximate surface area is 118 Å². The number of rotatable bonds is 3. The Morgan fingerprint density at radius 3 is 2.65 bits per heavy atom. The Balaban J connectivity index is 2.36. The number of nitrogens with one attached hydrogen (secondary N) is 1. The van der Waals surface area contributed by atoms with E-state index in [0.29, 0.717) is 13.0 Å². The fourth-order valence-electron chi connectivity index (χ4n) is 2.16. The van der Waals surface area contributed by atoms with Crippen LogP contribution in [0.25, 0.3) is 0 Å². The Hall–Kier alpha value is -1.18. The minimum absolute atomic E-state index is 0.117. The number of ether oxygens (including phenoxy) is 1. The predicted octanol–water partition coefficient (Wildman–Crippen LogP) is 1.56. The van der Waals surface area contributed by atoms with Crippen LogP contribution in [0.3, 0.4) is 0 Å². The molecule has 0 saturated carbocycles. The Morgan fingerprint density at radius 1 is 1.50 bits per heavy atom. The molecule has 1 aromatic carbocycles. The van der Waals surface area contributed by atoms with E-state index in [-0.39, 0.29) is 22.3 Å². The Bertz CT molecular complexity index is 609. The first-order valence-corrected chi connectivity index (χ1v) is 7.85. The molecule has 1 aliphatic heterocycles. The number of benzene rings is 1. The normalized spacial score (nSPS) is 26.9. The average molecular weight is 302 g/mol. The maximum atomic E-state index is 13.7. The third-order valence-corrected chi connectivity index (χ3v) is 5.51. The van der Waals surface area contributed by atoms with E-state index in [2.05, 4.69) is 4.72 Å². The zero-order valence-corrected chi connectivity index (χ0v) is 12.6. The highest BCUT2D eigenvalue weighted by Gasteiger charge is 2.40. The van der Waals surface area contributed by atoms with Crippen LogP contribution in [0.2, 0.25) is 0 Å². The molecule has 7 heteroatoms. The Morgan fingerprint density at radius 2 is 2.15 bits per heavy atom. The van der Waals surface area contributed by atoms with Crippen LogP contribution in [0.5, 0.6) is 0 Å². The smallest absolute Gasteiger partial charge is 0.241 e. The van der Waals surface area contributed by atoms with Crippen LogP contribution in [-0.2, 0) is 14.8 Å². The minimum Gasteiger partial charge on any atom is -0.398 e. The maximum Gasteiger partial charge on any atom is 0.241 e. The molecule has 1 aliphatic rings. The van der Waals surface area contributed by atoms with Gasteiger partial charge >= 0.3 is 0 Å². The van der Waals surface area contributed by atoms with E-state index in [1.807, 2.05) is 0 Å². The van der Waals surface area contributed by atoms with Crippen molar-refractivity contribution in [3.05, 3.63) is 23.5 Å². The van der Waals surface area contributed by atoms with Crippen LogP contribution < -0.4 is 10.5 Å². The van der Waals surface area contributed by atoms with Crippen LogP contribution >= 0.6 is 0 Å². The second-order valence-corrected chi connectivity index (χ2v) is 7.09. The highest BCUT2D eigenvalue weighted by Crippen LogP contribution is 2.28. The summed E-state index contributed by atoms with van der Waals surface area (Å²) in [7, 11) is -3.85. The van der Waals surface area contributed by atoms with Crippen molar-refractivity contribution in [2.45, 2.75) is 43.7 Å². The molecule has 0 amide bonds. The van der Waals surface area contributed by atoms with Crippen molar-refractivity contribution in [3.63, 3.8) is 0 Å². The van der Waals surface area contributed by atoms with Crippen molar-refractivity contribution in [2.75, 3.05) is 12.3 Å². The quantitative estimate of drug-likeness (QED) is 0.830. The van der Waals surface area contributed by atoms with E-state index < -0.39 is 21.4 Å². The number of nitrogen functional groups attached to an aromatic ring is 1. The molecule has 1 saturated heterocycles. The molecule has 1 heterocycles. The average Bonchev–Trinajstić information content (AvgIpc) is 2.64. The molecule has 3 N–H and O–H groups in total. The van der Waals surface area contributed by atoms with Gasteiger partial charge in [-0.1, -0.05) is 0 Å². The second kappa shape index (κ2) is 4.98. The predicted molar refractivity (Wildman–Crippen MR) is 74.3 cm³/mol. The van der Waals surface area contributed by atoms with E-state index in [0.717, 1.165) is 6.07 Å². The van der Waals surface area contributed by atoms with Crippen molar-refractivity contribution in [1.82, 2.24) is 4.72 Å². The largest absolute Gasteiger partial charge is 0.398 e. The van der Waals surface area contributed by atoms with Gasteiger partial charge in [-0.25, -0.2) is 17.5 Å². The minimum atomic E-state index is -3.85. The molecule has 2 unspecified atom stereocenters. The molecular weight excluding hydrogens is 283 g/mol. The van der Waals surface area contributed by atoms with E-state index >= 15 is 0 Å². The topological polar surface area (TPSA) is 81.4 Å². The second-order valence-electron chi connectivity index (χ2n) is 5.41. The van der Waals surface area contributed by atoms with Gasteiger partial charge in [-0.15, -0.1) is 0 Å². The third-order valence-electron chi connectivity index (χ3n) is 3.92. The van der Waals surface area contributed by atoms with Crippen molar-refractivity contribution in [2.24, 2.45) is 0 Å². The molecule has 0 aromatic heterocycles. The first-order chi connectivity index (χ1) is 9.16. The standard InChI is InChI=1S/C13H19FN2O3S/c1-8-11(14)6-10(7-12(8)15)20(17,18)16-13(3)4-5-19-9(13)2/h6-7,9,16H,4-5,15H2,1-3H3. The Kier molecular flexibility index (Phi) is 3.79. The van der Waals surface area contributed by atoms with Crippen molar-refractivity contribution >= 4 is 15.7 Å². The number of hydrogen-bond donors (Lipinski definition) is 2. The van der Waals surface area contributed by atoms with E-state index in [9.17, 15) is 12.8 Å². The first kappa shape index (κ1) is 15.2. The summed E-state index contributed by atoms with van der Waals surface area (Å²) in [4.78, 5) is -0.168. The zero-order valence-electron chi connectivity index (χ0n) is 11.7. The molecule has 112 valence electrons. The van der Waals surface area contributed by atoms with Gasteiger partial charge in [0.2, 0.25) is 10.0 Å². The summed E-state index contributed by atoms with van der Waals surface area (Å²) >= 11 is 0. The molecular formula is C13H19FN2O3S. The van der Waals surface area contributed by atoms with Gasteiger partial charge in [0.25, 0.3) is 0 Å². The molecule has 0 aliphatic carbocycles. The van der Waals surface area contributed by atoms with E-state index in [4.69, 9.17) is 10.5 Å². The van der Waals surface area contributed by atoms with E-state index in [1.54, 1.807) is 13.8 Å². The monoisotopic (exact) mass is 302 g/mol. The summed E-state index contributed by atoms with van der Waals surface area (Å²) in [5, 5.41) is 0. The number of halogens is 1. The van der Waals surface area contributed by atoms with Gasteiger partial charge in [0, 0.05) is 17.9 Å². The van der Waals surface area contributed by atoms with Crippen LogP contribution in [0.1, 0.15) is 25.8 Å². The molecule has 2 rings (SSSR count). The highest BCUT2D eigenvalue weighted by molar-refractivity contribution is 7.89. The lowest BCUT2D eigenvalue weighted by molar-refractivity contribution is 0.0957. The summed E-state index contributed by atoms with van der Waals surface area (Å²) in [5.41, 5.74) is 5.29. The summed E-state index contributed by atoms with van der Waals surface area (Å²) in [6.07, 6.45) is 0.321. The molecule has 0 bridgehead atoms.